The van der Waals surface area contributed by atoms with E-state index in [4.69, 9.17) is 9.73 Å². The number of carboxylic acid groups (broad SMARTS) is 2. The Balaban J connectivity index is 1.46. The van der Waals surface area contributed by atoms with E-state index >= 15 is 0 Å². The maximum absolute atomic E-state index is 13.5. The second-order valence-electron chi connectivity index (χ2n) is 9.58. The van der Waals surface area contributed by atoms with E-state index in [9.17, 15) is 24.6 Å². The van der Waals surface area contributed by atoms with Gasteiger partial charge in [-0.1, -0.05) is 42.5 Å². The first-order valence-corrected chi connectivity index (χ1v) is 13.0. The molecule has 2 N–H and O–H groups in total. The van der Waals surface area contributed by atoms with Crippen molar-refractivity contribution in [1.82, 2.24) is 4.98 Å². The van der Waals surface area contributed by atoms with Crippen molar-refractivity contribution in [2.24, 2.45) is 4.99 Å². The third-order valence-electron chi connectivity index (χ3n) is 6.94. The Bertz CT molecular complexity index is 1860. The lowest BCUT2D eigenvalue weighted by molar-refractivity contribution is 0.0686. The molecule has 8 nitrogen and oxygen atoms in total. The van der Waals surface area contributed by atoms with Crippen LogP contribution in [0.2, 0.25) is 0 Å². The molecule has 1 aliphatic heterocycles. The maximum Gasteiger partial charge on any atom is 0.335 e. The van der Waals surface area contributed by atoms with E-state index < -0.39 is 18.0 Å². The molecular weight excluding hydrogens is 532 g/mol. The Kier molecular flexibility index (Phi) is 6.86. The fourth-order valence-electron chi connectivity index (χ4n) is 4.84. The molecule has 0 amide bonds. The monoisotopic (exact) mass is 554 g/mol. The van der Waals surface area contributed by atoms with Crippen molar-refractivity contribution >= 4 is 23.4 Å². The lowest BCUT2D eigenvalue weighted by atomic mass is 9.89. The van der Waals surface area contributed by atoms with Crippen molar-refractivity contribution < 1.29 is 29.3 Å². The first-order valence-electron chi connectivity index (χ1n) is 13.0. The summed E-state index contributed by atoms with van der Waals surface area (Å²) in [7, 11) is 0. The fraction of sp³-hybridized carbons (Fsp3) is 0.0294. The van der Waals surface area contributed by atoms with E-state index in [1.54, 1.807) is 48.7 Å². The van der Waals surface area contributed by atoms with Crippen LogP contribution in [0.1, 0.15) is 53.9 Å². The van der Waals surface area contributed by atoms with Gasteiger partial charge in [0, 0.05) is 22.9 Å². The number of ether oxygens (including phenoxy) is 1. The number of carbonyl (C=O) groups excluding carboxylic acids is 1. The fourth-order valence-corrected chi connectivity index (χ4v) is 4.84. The first-order chi connectivity index (χ1) is 20.4. The van der Waals surface area contributed by atoms with Gasteiger partial charge in [0.2, 0.25) is 0 Å². The number of benzene rings is 4. The lowest BCUT2D eigenvalue weighted by Crippen LogP contribution is -2.24. The molecule has 0 aliphatic carbocycles. The summed E-state index contributed by atoms with van der Waals surface area (Å²) < 4.78 is 6.20. The Hall–Kier alpha value is -5.89. The van der Waals surface area contributed by atoms with Crippen LogP contribution >= 0.6 is 0 Å². The minimum Gasteiger partial charge on any atom is -0.478 e. The van der Waals surface area contributed by atoms with Crippen LogP contribution in [0.5, 0.6) is 11.5 Å². The van der Waals surface area contributed by atoms with Crippen molar-refractivity contribution in [1.29, 1.82) is 0 Å². The van der Waals surface area contributed by atoms with Gasteiger partial charge in [-0.15, -0.1) is 0 Å². The third kappa shape index (κ3) is 5.04. The highest BCUT2D eigenvalue weighted by Crippen LogP contribution is 2.37. The van der Waals surface area contributed by atoms with Crippen LogP contribution in [-0.2, 0) is 0 Å². The largest absolute Gasteiger partial charge is 0.478 e. The number of hydrogen-bond acceptors (Lipinski definition) is 6. The summed E-state index contributed by atoms with van der Waals surface area (Å²) in [6.45, 7) is 0. The van der Waals surface area contributed by atoms with E-state index in [0.29, 0.717) is 39.6 Å². The molecular formula is C34H22N2O6. The number of hydrogen-bond donors (Lipinski definition) is 2. The molecule has 1 aliphatic rings. The van der Waals surface area contributed by atoms with Gasteiger partial charge < -0.3 is 14.9 Å². The van der Waals surface area contributed by atoms with Crippen LogP contribution in [0, 0.1) is 0 Å². The zero-order valence-corrected chi connectivity index (χ0v) is 22.0. The predicted molar refractivity (Wildman–Crippen MR) is 156 cm³/mol. The Morgan fingerprint density at radius 1 is 0.690 bits per heavy atom. The second kappa shape index (κ2) is 10.9. The highest BCUT2D eigenvalue weighted by atomic mass is 16.5. The van der Waals surface area contributed by atoms with Gasteiger partial charge in [-0.25, -0.2) is 9.59 Å². The number of carboxylic acids is 2. The summed E-state index contributed by atoms with van der Waals surface area (Å²) in [6, 6.07) is 30.1. The Morgan fingerprint density at radius 3 is 2.02 bits per heavy atom. The Morgan fingerprint density at radius 2 is 1.36 bits per heavy atom. The predicted octanol–water partition coefficient (Wildman–Crippen LogP) is 6.71. The zero-order chi connectivity index (χ0) is 29.2. The normalized spacial score (nSPS) is 14.0. The minimum atomic E-state index is -1.05. The Labute approximate surface area is 240 Å². The molecule has 42 heavy (non-hydrogen) atoms. The molecule has 0 saturated heterocycles. The van der Waals surface area contributed by atoms with Gasteiger partial charge >= 0.3 is 11.9 Å². The summed E-state index contributed by atoms with van der Waals surface area (Å²) in [5.41, 5.74) is 4.60. The smallest absolute Gasteiger partial charge is 0.335 e. The van der Waals surface area contributed by atoms with Crippen molar-refractivity contribution in [3.05, 3.63) is 149 Å². The highest BCUT2D eigenvalue weighted by molar-refractivity contribution is 6.22. The number of pyridine rings is 1. The van der Waals surface area contributed by atoms with Crippen molar-refractivity contribution in [3.8, 4) is 22.6 Å². The van der Waals surface area contributed by atoms with Gasteiger partial charge in [-0.3, -0.25) is 14.8 Å². The molecule has 0 fully saturated rings. The summed E-state index contributed by atoms with van der Waals surface area (Å²) in [4.78, 5) is 45.5. The number of aliphatic imine (C=N–C) groups is 1. The quantitative estimate of drug-likeness (QED) is 0.229. The molecule has 0 bridgehead atoms. The zero-order valence-electron chi connectivity index (χ0n) is 22.0. The van der Waals surface area contributed by atoms with E-state index in [0.717, 1.165) is 11.1 Å². The molecule has 0 saturated carbocycles. The van der Waals surface area contributed by atoms with Crippen LogP contribution < -0.4 is 4.74 Å². The van der Waals surface area contributed by atoms with Gasteiger partial charge in [0.1, 0.15) is 17.5 Å². The molecule has 0 spiro atoms. The lowest BCUT2D eigenvalue weighted by Gasteiger charge is -2.23. The summed E-state index contributed by atoms with van der Waals surface area (Å²) in [5, 5.41) is 18.5. The molecule has 1 unspecified atom stereocenters. The molecule has 1 atom stereocenters. The molecule has 8 heteroatoms. The summed E-state index contributed by atoms with van der Waals surface area (Å²) >= 11 is 0. The van der Waals surface area contributed by atoms with E-state index in [-0.39, 0.29) is 16.9 Å². The molecule has 6 rings (SSSR count). The number of aromatic nitrogens is 1. The third-order valence-corrected chi connectivity index (χ3v) is 6.94. The van der Waals surface area contributed by atoms with Gasteiger partial charge in [0.15, 0.2) is 5.78 Å². The number of rotatable bonds is 7. The van der Waals surface area contributed by atoms with Crippen LogP contribution in [0.4, 0.5) is 0 Å². The van der Waals surface area contributed by atoms with Crippen molar-refractivity contribution in [2.45, 2.75) is 6.04 Å². The van der Waals surface area contributed by atoms with Crippen molar-refractivity contribution in [2.75, 3.05) is 0 Å². The first kappa shape index (κ1) is 26.3. The number of fused-ring (bicyclic) bond motifs is 1. The molecule has 1 aromatic heterocycles. The van der Waals surface area contributed by atoms with E-state index in [1.165, 1.54) is 24.3 Å². The highest BCUT2D eigenvalue weighted by Gasteiger charge is 2.32. The number of ketones is 1. The van der Waals surface area contributed by atoms with Gasteiger partial charge in [-0.2, -0.15) is 0 Å². The van der Waals surface area contributed by atoms with Crippen molar-refractivity contribution in [3.63, 3.8) is 0 Å². The van der Waals surface area contributed by atoms with Crippen LogP contribution in [0.15, 0.2) is 120 Å². The SMILES string of the molecule is O=C(O)c1ccc(Oc2ccc(C3=NC(c4ccc(C(=O)O)cc4)C(=O)c4cccnc43)cc2-c2ccccc2)cc1. The standard InChI is InChI=1S/C34H22N2O6/c37-32-26-7-4-18-35-31(26)29(36-30(32)21-8-10-22(11-9-21)33(38)39)24-14-17-28(27(19-24)20-5-2-1-3-6-20)42-25-15-12-23(13-16-25)34(40)41/h1-19,30H,(H,38,39)(H,40,41). The molecule has 5 aromatic rings. The average molecular weight is 555 g/mol. The maximum atomic E-state index is 13.5. The van der Waals surface area contributed by atoms with Crippen LogP contribution in [0.3, 0.4) is 0 Å². The molecule has 0 radical (unpaired) electrons. The minimum absolute atomic E-state index is 0.119. The van der Waals surface area contributed by atoms with Gasteiger partial charge in [-0.05, 0) is 77.9 Å². The van der Waals surface area contributed by atoms with Crippen LogP contribution in [-0.4, -0.2) is 38.6 Å². The topological polar surface area (TPSA) is 126 Å². The molecule has 4 aromatic carbocycles. The molecule has 2 heterocycles. The number of aromatic carboxylic acids is 2. The van der Waals surface area contributed by atoms with E-state index in [2.05, 4.69) is 4.98 Å². The van der Waals surface area contributed by atoms with Gasteiger partial charge in [0.05, 0.1) is 22.5 Å². The second-order valence-corrected chi connectivity index (χ2v) is 9.58. The van der Waals surface area contributed by atoms with E-state index in [1.807, 2.05) is 42.5 Å². The number of Topliss-reactive ketones (excluding diaryl/α,β-unsaturated/α-hetero) is 1. The number of carbonyl (C=O) groups is 3. The summed E-state index contributed by atoms with van der Waals surface area (Å²) in [6.07, 6.45) is 1.61. The van der Waals surface area contributed by atoms with Gasteiger partial charge in [0.25, 0.3) is 0 Å². The van der Waals surface area contributed by atoms with Crippen LogP contribution in [0.25, 0.3) is 11.1 Å². The number of nitrogens with zero attached hydrogens (tertiary/aromatic N) is 2. The average Bonchev–Trinajstić information content (AvgIpc) is 3.02. The summed E-state index contributed by atoms with van der Waals surface area (Å²) in [5.74, 6) is -1.28. The molecule has 204 valence electrons.